The normalized spacial score (nSPS) is 10.3. The van der Waals surface area contributed by atoms with E-state index in [0.717, 1.165) is 6.07 Å². The lowest BCUT2D eigenvalue weighted by Crippen LogP contribution is -2.12. The topological polar surface area (TPSA) is 38.0 Å². The molecule has 0 saturated carbocycles. The molecule has 0 aliphatic heterocycles. The number of anilines is 2. The molecule has 19 heavy (non-hydrogen) atoms. The van der Waals surface area contributed by atoms with Gasteiger partial charge in [0.2, 0.25) is 0 Å². The molecule has 0 saturated heterocycles. The van der Waals surface area contributed by atoms with E-state index in [1.807, 2.05) is 0 Å². The highest BCUT2D eigenvalue weighted by Crippen LogP contribution is 2.27. The molecule has 3 N–H and O–H groups in total. The number of hydrogen-bond acceptors (Lipinski definition) is 2. The van der Waals surface area contributed by atoms with E-state index in [-0.39, 0.29) is 15.1 Å². The molecule has 98 valence electrons. The van der Waals surface area contributed by atoms with Crippen LogP contribution in [0.2, 0.25) is 0 Å². The van der Waals surface area contributed by atoms with E-state index >= 15 is 0 Å². The molecule has 2 nitrogen and oxygen atoms in total. The van der Waals surface area contributed by atoms with Crippen LogP contribution in [0.1, 0.15) is 5.56 Å². The fourth-order valence-electron chi connectivity index (χ4n) is 1.57. The predicted octanol–water partition coefficient (Wildman–Crippen LogP) is 4.11. The second-order valence-electron chi connectivity index (χ2n) is 3.78. The van der Waals surface area contributed by atoms with Gasteiger partial charge in [-0.05, 0) is 34.1 Å². The monoisotopic (exact) mass is 342 g/mol. The first-order chi connectivity index (χ1) is 8.99. The Bertz CT molecular complexity index is 647. The number of para-hydroxylation sites is 1. The molecule has 0 radical (unpaired) electrons. The average molecular weight is 343 g/mol. The van der Waals surface area contributed by atoms with Gasteiger partial charge in [-0.15, -0.1) is 0 Å². The molecular formula is C13H9BrF2N2S. The van der Waals surface area contributed by atoms with Crippen molar-refractivity contribution in [2.24, 2.45) is 5.73 Å². The molecule has 0 bridgehead atoms. The number of nitrogens with two attached hydrogens (primary N) is 1. The van der Waals surface area contributed by atoms with Gasteiger partial charge in [-0.25, -0.2) is 8.78 Å². The van der Waals surface area contributed by atoms with Crippen molar-refractivity contribution in [1.29, 1.82) is 0 Å². The van der Waals surface area contributed by atoms with Crippen LogP contribution in [0, 0.1) is 11.6 Å². The molecule has 0 amide bonds. The Kier molecular flexibility index (Phi) is 4.11. The number of hydrogen-bond donors (Lipinski definition) is 2. The van der Waals surface area contributed by atoms with Crippen molar-refractivity contribution in [3.8, 4) is 0 Å². The summed E-state index contributed by atoms with van der Waals surface area (Å²) in [7, 11) is 0. The summed E-state index contributed by atoms with van der Waals surface area (Å²) < 4.78 is 27.0. The van der Waals surface area contributed by atoms with E-state index in [1.165, 1.54) is 6.07 Å². The maximum Gasteiger partial charge on any atom is 0.149 e. The Morgan fingerprint density at radius 1 is 1.11 bits per heavy atom. The lowest BCUT2D eigenvalue weighted by molar-refractivity contribution is 0.581. The highest BCUT2D eigenvalue weighted by Gasteiger charge is 2.10. The van der Waals surface area contributed by atoms with Gasteiger partial charge in [0.25, 0.3) is 0 Å². The van der Waals surface area contributed by atoms with Gasteiger partial charge in [0, 0.05) is 17.3 Å². The molecule has 0 fully saturated rings. The zero-order chi connectivity index (χ0) is 14.0. The van der Waals surface area contributed by atoms with Crippen molar-refractivity contribution in [1.82, 2.24) is 0 Å². The Balaban J connectivity index is 2.42. The highest BCUT2D eigenvalue weighted by molar-refractivity contribution is 9.10. The smallest absolute Gasteiger partial charge is 0.149 e. The number of thiocarbonyl (C=S) groups is 1. The quantitative estimate of drug-likeness (QED) is 0.651. The van der Waals surface area contributed by atoms with Crippen molar-refractivity contribution < 1.29 is 8.78 Å². The van der Waals surface area contributed by atoms with Crippen LogP contribution in [-0.4, -0.2) is 4.99 Å². The minimum absolute atomic E-state index is 0.136. The second kappa shape index (κ2) is 5.63. The standard InChI is InChI=1S/C13H9BrF2N2S/c14-8-5-12(10(16)6-9(8)15)18-11-4-2-1-3-7(11)13(17)19/h1-6,18H,(H2,17,19). The van der Waals surface area contributed by atoms with Crippen LogP contribution in [0.5, 0.6) is 0 Å². The van der Waals surface area contributed by atoms with Crippen LogP contribution in [0.4, 0.5) is 20.2 Å². The van der Waals surface area contributed by atoms with Crippen molar-refractivity contribution in [3.05, 3.63) is 58.1 Å². The van der Waals surface area contributed by atoms with Gasteiger partial charge in [-0.3, -0.25) is 0 Å². The summed E-state index contributed by atoms with van der Waals surface area (Å²) in [4.78, 5) is 0.199. The van der Waals surface area contributed by atoms with Crippen molar-refractivity contribution in [2.75, 3.05) is 5.32 Å². The fourth-order valence-corrected chi connectivity index (χ4v) is 2.09. The molecule has 0 heterocycles. The maximum atomic E-state index is 13.7. The Morgan fingerprint density at radius 2 is 1.79 bits per heavy atom. The van der Waals surface area contributed by atoms with Gasteiger partial charge in [0.15, 0.2) is 0 Å². The van der Waals surface area contributed by atoms with Gasteiger partial charge in [-0.1, -0.05) is 24.4 Å². The molecule has 0 aliphatic rings. The van der Waals surface area contributed by atoms with Crippen LogP contribution in [0.15, 0.2) is 40.9 Å². The molecule has 2 aromatic rings. The summed E-state index contributed by atoms with van der Waals surface area (Å²) in [6.07, 6.45) is 0. The summed E-state index contributed by atoms with van der Waals surface area (Å²) >= 11 is 7.93. The molecule has 6 heteroatoms. The summed E-state index contributed by atoms with van der Waals surface area (Å²) in [6.45, 7) is 0. The number of rotatable bonds is 3. The first-order valence-electron chi connectivity index (χ1n) is 5.29. The van der Waals surface area contributed by atoms with E-state index in [1.54, 1.807) is 24.3 Å². The number of nitrogens with one attached hydrogen (secondary N) is 1. The molecule has 2 rings (SSSR count). The lowest BCUT2D eigenvalue weighted by Gasteiger charge is -2.12. The van der Waals surface area contributed by atoms with E-state index in [4.69, 9.17) is 18.0 Å². The highest BCUT2D eigenvalue weighted by atomic mass is 79.9. The van der Waals surface area contributed by atoms with Crippen LogP contribution < -0.4 is 11.1 Å². The Morgan fingerprint density at radius 3 is 2.47 bits per heavy atom. The van der Waals surface area contributed by atoms with Gasteiger partial charge in [-0.2, -0.15) is 0 Å². The van der Waals surface area contributed by atoms with E-state index < -0.39 is 11.6 Å². The zero-order valence-electron chi connectivity index (χ0n) is 9.58. The molecule has 2 aromatic carbocycles. The summed E-state index contributed by atoms with van der Waals surface area (Å²) in [5.41, 5.74) is 6.88. The molecule has 0 atom stereocenters. The van der Waals surface area contributed by atoms with Crippen molar-refractivity contribution >= 4 is 44.5 Å². The van der Waals surface area contributed by atoms with Crippen LogP contribution in [0.3, 0.4) is 0 Å². The lowest BCUT2D eigenvalue weighted by atomic mass is 10.1. The molecule has 0 aromatic heterocycles. The van der Waals surface area contributed by atoms with E-state index in [0.29, 0.717) is 11.3 Å². The molecule has 0 unspecified atom stereocenters. The predicted molar refractivity (Wildman–Crippen MR) is 79.7 cm³/mol. The average Bonchev–Trinajstić information content (AvgIpc) is 2.36. The summed E-state index contributed by atoms with van der Waals surface area (Å²) in [6, 6.07) is 9.10. The molecule has 0 aliphatic carbocycles. The third-order valence-electron chi connectivity index (χ3n) is 2.47. The van der Waals surface area contributed by atoms with Crippen molar-refractivity contribution in [3.63, 3.8) is 0 Å². The molecular weight excluding hydrogens is 334 g/mol. The fraction of sp³-hybridized carbons (Fsp3) is 0. The third-order valence-corrected chi connectivity index (χ3v) is 3.30. The van der Waals surface area contributed by atoms with Crippen LogP contribution in [-0.2, 0) is 0 Å². The third kappa shape index (κ3) is 3.08. The number of benzene rings is 2. The Hall–Kier alpha value is -1.53. The molecule has 0 spiro atoms. The summed E-state index contributed by atoms with van der Waals surface area (Å²) in [5, 5.41) is 2.85. The van der Waals surface area contributed by atoms with Crippen LogP contribution >= 0.6 is 28.1 Å². The van der Waals surface area contributed by atoms with E-state index in [9.17, 15) is 8.78 Å². The first kappa shape index (κ1) is 13.9. The summed E-state index contributed by atoms with van der Waals surface area (Å²) in [5.74, 6) is -1.36. The minimum atomic E-state index is -0.696. The van der Waals surface area contributed by atoms with Gasteiger partial charge in [0.1, 0.15) is 16.6 Å². The van der Waals surface area contributed by atoms with Gasteiger partial charge >= 0.3 is 0 Å². The SMILES string of the molecule is NC(=S)c1ccccc1Nc1cc(Br)c(F)cc1F. The number of halogens is 3. The second-order valence-corrected chi connectivity index (χ2v) is 5.08. The van der Waals surface area contributed by atoms with E-state index in [2.05, 4.69) is 21.2 Å². The van der Waals surface area contributed by atoms with Gasteiger partial charge in [0.05, 0.1) is 10.2 Å². The largest absolute Gasteiger partial charge is 0.389 e. The Labute approximate surface area is 122 Å². The zero-order valence-corrected chi connectivity index (χ0v) is 12.0. The maximum absolute atomic E-state index is 13.7. The first-order valence-corrected chi connectivity index (χ1v) is 6.49. The minimum Gasteiger partial charge on any atom is -0.389 e. The van der Waals surface area contributed by atoms with Crippen molar-refractivity contribution in [2.45, 2.75) is 0 Å². The van der Waals surface area contributed by atoms with Gasteiger partial charge < -0.3 is 11.1 Å². The van der Waals surface area contributed by atoms with Crippen LogP contribution in [0.25, 0.3) is 0 Å².